The number of hydrogen-bond acceptors (Lipinski definition) is 4. The van der Waals surface area contributed by atoms with Crippen LogP contribution in [0.2, 0.25) is 5.02 Å². The Bertz CT molecular complexity index is 1180. The van der Waals surface area contributed by atoms with Crippen molar-refractivity contribution in [1.29, 1.82) is 0 Å². The lowest BCUT2D eigenvalue weighted by Gasteiger charge is -2.27. The van der Waals surface area contributed by atoms with Crippen molar-refractivity contribution >= 4 is 46.3 Å². The van der Waals surface area contributed by atoms with E-state index in [1.54, 1.807) is 24.3 Å². The van der Waals surface area contributed by atoms with Crippen LogP contribution in [0.5, 0.6) is 0 Å². The van der Waals surface area contributed by atoms with Gasteiger partial charge in [0.2, 0.25) is 11.8 Å². The van der Waals surface area contributed by atoms with Gasteiger partial charge in [-0.3, -0.25) is 19.8 Å². The van der Waals surface area contributed by atoms with Crippen LogP contribution in [-0.2, 0) is 16.1 Å². The van der Waals surface area contributed by atoms with Crippen LogP contribution in [0.15, 0.2) is 65.1 Å². The third-order valence-electron chi connectivity index (χ3n) is 4.58. The van der Waals surface area contributed by atoms with E-state index in [2.05, 4.69) is 10.4 Å². The molecule has 1 N–H and O–H groups in total. The maximum Gasteiger partial charge on any atom is 0.279 e. The summed E-state index contributed by atoms with van der Waals surface area (Å²) < 4.78 is 1.86. The van der Waals surface area contributed by atoms with E-state index in [0.717, 1.165) is 5.56 Å². The SMILES string of the molecule is O=C1CCC(=O)N(c2ccc(C(=O)N=c3sccn3Cc3ccccc3Cl)cc2)N1. The van der Waals surface area contributed by atoms with E-state index in [1.165, 1.54) is 16.3 Å². The summed E-state index contributed by atoms with van der Waals surface area (Å²) >= 11 is 7.59. The molecule has 4 rings (SSSR count). The maximum absolute atomic E-state index is 12.6. The molecule has 1 aliphatic heterocycles. The molecule has 0 bridgehead atoms. The third-order valence-corrected chi connectivity index (χ3v) is 5.74. The second-order valence-corrected chi connectivity index (χ2v) is 7.91. The average Bonchev–Trinajstić information content (AvgIpc) is 3.18. The minimum absolute atomic E-state index is 0.158. The molecule has 1 aromatic heterocycles. The molecule has 2 heterocycles. The Hall–Kier alpha value is -3.23. The number of halogens is 1. The zero-order valence-electron chi connectivity index (χ0n) is 15.7. The molecule has 9 heteroatoms. The molecule has 0 unspecified atom stereocenters. The highest BCUT2D eigenvalue weighted by molar-refractivity contribution is 7.07. The van der Waals surface area contributed by atoms with Gasteiger partial charge in [0, 0.05) is 35.0 Å². The lowest BCUT2D eigenvalue weighted by atomic mass is 10.1. The summed E-state index contributed by atoms with van der Waals surface area (Å²) in [6.07, 6.45) is 2.19. The van der Waals surface area contributed by atoms with Gasteiger partial charge in [-0.2, -0.15) is 4.99 Å². The van der Waals surface area contributed by atoms with Gasteiger partial charge in [-0.25, -0.2) is 5.01 Å². The van der Waals surface area contributed by atoms with Crippen LogP contribution in [0, 0.1) is 0 Å². The molecular weight excluding hydrogens is 424 g/mol. The second kappa shape index (κ2) is 8.64. The van der Waals surface area contributed by atoms with Gasteiger partial charge in [0.1, 0.15) is 0 Å². The molecule has 0 atom stereocenters. The highest BCUT2D eigenvalue weighted by Crippen LogP contribution is 2.18. The van der Waals surface area contributed by atoms with Crippen molar-refractivity contribution in [3.8, 4) is 0 Å². The van der Waals surface area contributed by atoms with E-state index >= 15 is 0 Å². The van der Waals surface area contributed by atoms with Crippen molar-refractivity contribution in [2.45, 2.75) is 19.4 Å². The molecule has 152 valence electrons. The Morgan fingerprint density at radius 1 is 1.10 bits per heavy atom. The van der Waals surface area contributed by atoms with E-state index < -0.39 is 5.91 Å². The fourth-order valence-electron chi connectivity index (χ4n) is 3.01. The van der Waals surface area contributed by atoms with Gasteiger partial charge in [0.15, 0.2) is 4.80 Å². The van der Waals surface area contributed by atoms with Crippen molar-refractivity contribution in [3.05, 3.63) is 81.1 Å². The summed E-state index contributed by atoms with van der Waals surface area (Å²) in [6, 6.07) is 13.9. The number of rotatable bonds is 4. The van der Waals surface area contributed by atoms with Crippen LogP contribution in [0.25, 0.3) is 0 Å². The van der Waals surface area contributed by atoms with E-state index in [4.69, 9.17) is 11.6 Å². The Morgan fingerprint density at radius 3 is 2.63 bits per heavy atom. The van der Waals surface area contributed by atoms with Crippen molar-refractivity contribution in [2.75, 3.05) is 5.01 Å². The van der Waals surface area contributed by atoms with Gasteiger partial charge in [0.05, 0.1) is 12.2 Å². The average molecular weight is 441 g/mol. The number of carbonyl (C=O) groups is 3. The van der Waals surface area contributed by atoms with Crippen LogP contribution >= 0.6 is 22.9 Å². The highest BCUT2D eigenvalue weighted by Gasteiger charge is 2.24. The lowest BCUT2D eigenvalue weighted by Crippen LogP contribution is -2.50. The molecule has 0 aliphatic carbocycles. The van der Waals surface area contributed by atoms with E-state index in [1.807, 2.05) is 40.4 Å². The maximum atomic E-state index is 12.6. The predicted molar refractivity (Wildman–Crippen MR) is 114 cm³/mol. The number of hydrazine groups is 1. The van der Waals surface area contributed by atoms with Crippen molar-refractivity contribution < 1.29 is 14.4 Å². The van der Waals surface area contributed by atoms with Gasteiger partial charge in [0.25, 0.3) is 5.91 Å². The number of benzene rings is 2. The lowest BCUT2D eigenvalue weighted by molar-refractivity contribution is -0.130. The largest absolute Gasteiger partial charge is 0.319 e. The van der Waals surface area contributed by atoms with E-state index in [-0.39, 0.29) is 24.7 Å². The number of thiazole rings is 1. The standard InChI is InChI=1S/C21H17ClN4O3S/c22-17-4-2-1-3-15(17)13-25-11-12-30-21(25)23-20(29)14-5-7-16(8-6-14)26-19(28)10-9-18(27)24-26/h1-8,11-12H,9-10,13H2,(H,24,27). The molecule has 3 aromatic rings. The molecule has 7 nitrogen and oxygen atoms in total. The topological polar surface area (TPSA) is 83.8 Å². The molecule has 0 saturated carbocycles. The van der Waals surface area contributed by atoms with Gasteiger partial charge in [-0.05, 0) is 35.9 Å². The summed E-state index contributed by atoms with van der Waals surface area (Å²) in [6.45, 7) is 0.505. The summed E-state index contributed by atoms with van der Waals surface area (Å²) in [5.74, 6) is -0.811. The predicted octanol–water partition coefficient (Wildman–Crippen LogP) is 3.15. The number of nitrogens with one attached hydrogen (secondary N) is 1. The van der Waals surface area contributed by atoms with Gasteiger partial charge in [-0.15, -0.1) is 11.3 Å². The normalized spacial score (nSPS) is 14.7. The summed E-state index contributed by atoms with van der Waals surface area (Å²) in [5.41, 5.74) is 4.34. The van der Waals surface area contributed by atoms with Crippen molar-refractivity contribution in [2.24, 2.45) is 4.99 Å². The smallest absolute Gasteiger partial charge is 0.279 e. The first-order valence-electron chi connectivity index (χ1n) is 9.20. The number of amides is 3. The summed E-state index contributed by atoms with van der Waals surface area (Å²) in [4.78, 5) is 41.0. The molecule has 30 heavy (non-hydrogen) atoms. The number of aromatic nitrogens is 1. The number of carbonyl (C=O) groups excluding carboxylic acids is 3. The van der Waals surface area contributed by atoms with Crippen LogP contribution < -0.4 is 15.2 Å². The summed E-state index contributed by atoms with van der Waals surface area (Å²) in [7, 11) is 0. The number of anilines is 1. The summed E-state index contributed by atoms with van der Waals surface area (Å²) in [5, 5.41) is 3.72. The Labute approximate surface area is 181 Å². The van der Waals surface area contributed by atoms with Crippen LogP contribution in [0.1, 0.15) is 28.8 Å². The monoisotopic (exact) mass is 440 g/mol. The fraction of sp³-hybridized carbons (Fsp3) is 0.143. The molecule has 3 amide bonds. The highest BCUT2D eigenvalue weighted by atomic mass is 35.5. The quantitative estimate of drug-likeness (QED) is 0.676. The first-order valence-corrected chi connectivity index (χ1v) is 10.5. The minimum atomic E-state index is -0.397. The number of nitrogens with zero attached hydrogens (tertiary/aromatic N) is 3. The van der Waals surface area contributed by atoms with E-state index in [9.17, 15) is 14.4 Å². The minimum Gasteiger partial charge on any atom is -0.319 e. The zero-order chi connectivity index (χ0) is 21.1. The van der Waals surface area contributed by atoms with Crippen LogP contribution in [0.3, 0.4) is 0 Å². The molecule has 0 spiro atoms. The first kappa shape index (κ1) is 20.1. The second-order valence-electron chi connectivity index (χ2n) is 6.63. The Balaban J connectivity index is 1.54. The molecular formula is C21H17ClN4O3S. The molecule has 0 radical (unpaired) electrons. The zero-order valence-corrected chi connectivity index (χ0v) is 17.3. The van der Waals surface area contributed by atoms with Crippen molar-refractivity contribution in [1.82, 2.24) is 9.99 Å². The van der Waals surface area contributed by atoms with Crippen molar-refractivity contribution in [3.63, 3.8) is 0 Å². The van der Waals surface area contributed by atoms with Gasteiger partial charge < -0.3 is 4.57 Å². The Morgan fingerprint density at radius 2 is 1.87 bits per heavy atom. The van der Waals surface area contributed by atoms with Gasteiger partial charge in [-0.1, -0.05) is 29.8 Å². The molecule has 1 saturated heterocycles. The van der Waals surface area contributed by atoms with Crippen LogP contribution in [-0.4, -0.2) is 22.3 Å². The fourth-order valence-corrected chi connectivity index (χ4v) is 3.93. The van der Waals surface area contributed by atoms with Crippen LogP contribution in [0.4, 0.5) is 5.69 Å². The molecule has 2 aromatic carbocycles. The first-order chi connectivity index (χ1) is 14.5. The van der Waals surface area contributed by atoms with Gasteiger partial charge >= 0.3 is 0 Å². The van der Waals surface area contributed by atoms with E-state index in [0.29, 0.717) is 27.6 Å². The third kappa shape index (κ3) is 4.34. The molecule has 1 aliphatic rings. The number of hydrogen-bond donors (Lipinski definition) is 1. The molecule has 1 fully saturated rings. The Kier molecular flexibility index (Phi) is 5.78.